The van der Waals surface area contributed by atoms with Crippen molar-refractivity contribution in [1.29, 1.82) is 0 Å². The molecule has 1 saturated heterocycles. The summed E-state index contributed by atoms with van der Waals surface area (Å²) in [6, 6.07) is 7.43. The first-order valence-electron chi connectivity index (χ1n) is 7.79. The van der Waals surface area contributed by atoms with Crippen molar-refractivity contribution in [2.75, 3.05) is 33.3 Å². The number of piperidine rings is 1. The first kappa shape index (κ1) is 14.1. The number of hydrogen-bond acceptors (Lipinski definition) is 3. The zero-order valence-corrected chi connectivity index (χ0v) is 12.7. The summed E-state index contributed by atoms with van der Waals surface area (Å²) in [5.74, 6) is 0. The maximum atomic E-state index is 9.24. The van der Waals surface area contributed by atoms with Gasteiger partial charge >= 0.3 is 0 Å². The molecule has 1 aromatic carbocycles. The van der Waals surface area contributed by atoms with Crippen LogP contribution in [0.1, 0.15) is 42.0 Å². The Hall–Kier alpha value is -0.900. The molecule has 0 saturated carbocycles. The van der Waals surface area contributed by atoms with Crippen molar-refractivity contribution in [3.8, 4) is 0 Å². The smallest absolute Gasteiger partial charge is 0.0558 e. The van der Waals surface area contributed by atoms with Gasteiger partial charge in [0.15, 0.2) is 0 Å². The van der Waals surface area contributed by atoms with Gasteiger partial charge in [-0.15, -0.1) is 0 Å². The predicted octanol–water partition coefficient (Wildman–Crippen LogP) is 1.99. The number of rotatable bonds is 3. The minimum Gasteiger partial charge on any atom is -0.395 e. The van der Waals surface area contributed by atoms with Crippen LogP contribution < -0.4 is 5.32 Å². The Morgan fingerprint density at radius 3 is 2.80 bits per heavy atom. The van der Waals surface area contributed by atoms with Crippen LogP contribution in [0.2, 0.25) is 0 Å². The average molecular weight is 274 g/mol. The Morgan fingerprint density at radius 2 is 2.10 bits per heavy atom. The van der Waals surface area contributed by atoms with E-state index in [-0.39, 0.29) is 6.61 Å². The topological polar surface area (TPSA) is 35.5 Å². The standard InChI is InChI=1S/C17H26N2O/c1-13-3-4-14-15(11-13)17(5-7-18-8-6-17)12-16(14)19(2)9-10-20/h3-4,11,16,18,20H,5-10,12H2,1-2H3/t16-/m1/s1. The van der Waals surface area contributed by atoms with Crippen molar-refractivity contribution >= 4 is 0 Å². The third-order valence-electron chi connectivity index (χ3n) is 5.27. The van der Waals surface area contributed by atoms with Crippen LogP contribution in [0.15, 0.2) is 18.2 Å². The van der Waals surface area contributed by atoms with Gasteiger partial charge in [0, 0.05) is 12.6 Å². The van der Waals surface area contributed by atoms with Gasteiger partial charge in [-0.3, -0.25) is 4.90 Å². The Labute approximate surface area is 122 Å². The summed E-state index contributed by atoms with van der Waals surface area (Å²) >= 11 is 0. The maximum Gasteiger partial charge on any atom is 0.0558 e. The number of aryl methyl sites for hydroxylation is 1. The molecule has 3 heteroatoms. The summed E-state index contributed by atoms with van der Waals surface area (Å²) in [5, 5.41) is 12.7. The van der Waals surface area contributed by atoms with E-state index in [9.17, 15) is 5.11 Å². The van der Waals surface area contributed by atoms with Crippen molar-refractivity contribution in [3.05, 3.63) is 34.9 Å². The number of aliphatic hydroxyl groups excluding tert-OH is 1. The Morgan fingerprint density at radius 1 is 1.35 bits per heavy atom. The SMILES string of the molecule is Cc1ccc2c(c1)C1(CCNCC1)C[C@H]2N(C)CCO. The molecule has 3 rings (SSSR count). The fourth-order valence-electron chi connectivity index (χ4n) is 4.10. The molecule has 3 nitrogen and oxygen atoms in total. The molecule has 1 spiro atoms. The van der Waals surface area contributed by atoms with Crippen LogP contribution in [0.25, 0.3) is 0 Å². The molecule has 2 N–H and O–H groups in total. The molecule has 1 aromatic rings. The van der Waals surface area contributed by atoms with Crippen LogP contribution in [-0.4, -0.2) is 43.3 Å². The molecule has 1 fully saturated rings. The molecule has 0 aromatic heterocycles. The highest BCUT2D eigenvalue weighted by Gasteiger charge is 2.45. The van der Waals surface area contributed by atoms with E-state index < -0.39 is 0 Å². The van der Waals surface area contributed by atoms with Crippen molar-refractivity contribution in [2.24, 2.45) is 0 Å². The van der Waals surface area contributed by atoms with E-state index in [4.69, 9.17) is 0 Å². The fourth-order valence-corrected chi connectivity index (χ4v) is 4.10. The van der Waals surface area contributed by atoms with Crippen LogP contribution in [0.4, 0.5) is 0 Å². The van der Waals surface area contributed by atoms with Gasteiger partial charge in [-0.05, 0) is 62.9 Å². The van der Waals surface area contributed by atoms with Gasteiger partial charge in [-0.2, -0.15) is 0 Å². The molecule has 0 bridgehead atoms. The molecule has 0 amide bonds. The minimum atomic E-state index is 0.239. The van der Waals surface area contributed by atoms with Gasteiger partial charge in [0.2, 0.25) is 0 Å². The van der Waals surface area contributed by atoms with E-state index in [0.717, 1.165) is 19.6 Å². The lowest BCUT2D eigenvalue weighted by Gasteiger charge is -2.36. The number of nitrogens with one attached hydrogen (secondary N) is 1. The Balaban J connectivity index is 1.99. The van der Waals surface area contributed by atoms with Crippen molar-refractivity contribution in [2.45, 2.75) is 37.6 Å². The van der Waals surface area contributed by atoms with E-state index in [1.807, 2.05) is 0 Å². The third kappa shape index (κ3) is 2.28. The molecule has 1 heterocycles. The summed E-state index contributed by atoms with van der Waals surface area (Å²) in [6.45, 7) is 5.45. The maximum absolute atomic E-state index is 9.24. The van der Waals surface area contributed by atoms with Gasteiger partial charge in [0.05, 0.1) is 6.61 Å². The predicted molar refractivity (Wildman–Crippen MR) is 82.0 cm³/mol. The van der Waals surface area contributed by atoms with Gasteiger partial charge in [-0.1, -0.05) is 23.8 Å². The minimum absolute atomic E-state index is 0.239. The average Bonchev–Trinajstić information content (AvgIpc) is 2.75. The lowest BCUT2D eigenvalue weighted by Crippen LogP contribution is -2.39. The van der Waals surface area contributed by atoms with Gasteiger partial charge in [0.1, 0.15) is 0 Å². The van der Waals surface area contributed by atoms with Crippen LogP contribution >= 0.6 is 0 Å². The second-order valence-electron chi connectivity index (χ2n) is 6.55. The third-order valence-corrected chi connectivity index (χ3v) is 5.27. The van der Waals surface area contributed by atoms with Crippen LogP contribution in [0, 0.1) is 6.92 Å². The molecule has 110 valence electrons. The highest BCUT2D eigenvalue weighted by atomic mass is 16.3. The van der Waals surface area contributed by atoms with E-state index in [1.165, 1.54) is 30.4 Å². The second kappa shape index (κ2) is 5.47. The van der Waals surface area contributed by atoms with Gasteiger partial charge < -0.3 is 10.4 Å². The zero-order chi connectivity index (χ0) is 14.2. The molecular weight excluding hydrogens is 248 g/mol. The summed E-state index contributed by atoms with van der Waals surface area (Å²) in [5.41, 5.74) is 4.80. The van der Waals surface area contributed by atoms with Crippen LogP contribution in [-0.2, 0) is 5.41 Å². The lowest BCUT2D eigenvalue weighted by atomic mass is 9.74. The molecule has 0 unspecified atom stereocenters. The van der Waals surface area contributed by atoms with Crippen molar-refractivity contribution in [1.82, 2.24) is 10.2 Å². The highest BCUT2D eigenvalue weighted by Crippen LogP contribution is 2.51. The molecular formula is C17H26N2O. The number of fused-ring (bicyclic) bond motifs is 2. The van der Waals surface area contributed by atoms with Crippen LogP contribution in [0.5, 0.6) is 0 Å². The molecule has 1 aliphatic carbocycles. The zero-order valence-electron chi connectivity index (χ0n) is 12.7. The molecule has 2 aliphatic rings. The van der Waals surface area contributed by atoms with Gasteiger partial charge in [-0.25, -0.2) is 0 Å². The van der Waals surface area contributed by atoms with E-state index in [1.54, 1.807) is 5.56 Å². The summed E-state index contributed by atoms with van der Waals surface area (Å²) in [6.07, 6.45) is 3.70. The first-order valence-corrected chi connectivity index (χ1v) is 7.79. The summed E-state index contributed by atoms with van der Waals surface area (Å²) < 4.78 is 0. The van der Waals surface area contributed by atoms with E-state index in [0.29, 0.717) is 11.5 Å². The van der Waals surface area contributed by atoms with Crippen molar-refractivity contribution in [3.63, 3.8) is 0 Å². The molecule has 1 aliphatic heterocycles. The molecule has 0 radical (unpaired) electrons. The van der Waals surface area contributed by atoms with E-state index >= 15 is 0 Å². The molecule has 20 heavy (non-hydrogen) atoms. The van der Waals surface area contributed by atoms with E-state index in [2.05, 4.69) is 42.4 Å². The van der Waals surface area contributed by atoms with Gasteiger partial charge in [0.25, 0.3) is 0 Å². The monoisotopic (exact) mass is 274 g/mol. The fraction of sp³-hybridized carbons (Fsp3) is 0.647. The Kier molecular flexibility index (Phi) is 3.85. The number of hydrogen-bond donors (Lipinski definition) is 2. The summed E-state index contributed by atoms with van der Waals surface area (Å²) in [7, 11) is 2.14. The number of aliphatic hydroxyl groups is 1. The highest BCUT2D eigenvalue weighted by molar-refractivity contribution is 5.45. The lowest BCUT2D eigenvalue weighted by molar-refractivity contribution is 0.158. The largest absolute Gasteiger partial charge is 0.395 e. The van der Waals surface area contributed by atoms with Crippen LogP contribution in [0.3, 0.4) is 0 Å². The number of nitrogens with zero attached hydrogens (tertiary/aromatic N) is 1. The first-order chi connectivity index (χ1) is 9.66. The number of benzene rings is 1. The quantitative estimate of drug-likeness (QED) is 0.885. The molecule has 1 atom stereocenters. The normalized spacial score (nSPS) is 24.3. The summed E-state index contributed by atoms with van der Waals surface area (Å²) in [4.78, 5) is 2.32. The van der Waals surface area contributed by atoms with Crippen molar-refractivity contribution < 1.29 is 5.11 Å². The second-order valence-corrected chi connectivity index (χ2v) is 6.55. The Bertz CT molecular complexity index is 480. The number of likely N-dealkylation sites (N-methyl/N-ethyl adjacent to an activating group) is 1.